The predicted molar refractivity (Wildman–Crippen MR) is 83.4 cm³/mol. The Kier molecular flexibility index (Phi) is 3.92. The van der Waals surface area contributed by atoms with Gasteiger partial charge < -0.3 is 5.32 Å². The summed E-state index contributed by atoms with van der Waals surface area (Å²) < 4.78 is 27.7. The van der Waals surface area contributed by atoms with Crippen LogP contribution in [0.2, 0.25) is 0 Å². The number of carbonyl (C=O) groups excluding carboxylic acids is 1. The first kappa shape index (κ1) is 14.7. The second kappa shape index (κ2) is 5.87. The Morgan fingerprint density at radius 3 is 2.68 bits per heavy atom. The fourth-order valence-electron chi connectivity index (χ4n) is 2.88. The first-order valence-corrected chi connectivity index (χ1v) is 7.30. The van der Waals surface area contributed by atoms with Crippen LogP contribution in [0.25, 0.3) is 10.8 Å². The molecule has 0 aliphatic heterocycles. The number of halogens is 2. The largest absolute Gasteiger partial charge is 0.346 e. The maximum Gasteiger partial charge on any atom is 0.252 e. The minimum absolute atomic E-state index is 0.0400. The minimum Gasteiger partial charge on any atom is -0.346 e. The Labute approximate surface area is 127 Å². The van der Waals surface area contributed by atoms with Crippen LogP contribution >= 0.6 is 0 Å². The second-order valence-electron chi connectivity index (χ2n) is 5.69. The zero-order chi connectivity index (χ0) is 15.7. The molecular formula is C18H17F2NO. The van der Waals surface area contributed by atoms with Crippen LogP contribution in [0.5, 0.6) is 0 Å². The zero-order valence-corrected chi connectivity index (χ0v) is 12.1. The average Bonchev–Trinajstić information content (AvgIpc) is 2.52. The van der Waals surface area contributed by atoms with Gasteiger partial charge in [-0.15, -0.1) is 0 Å². The van der Waals surface area contributed by atoms with E-state index in [0.29, 0.717) is 5.56 Å². The number of rotatable bonds is 2. The molecule has 2 aromatic carbocycles. The molecule has 1 aliphatic carbocycles. The van der Waals surface area contributed by atoms with Crippen molar-refractivity contribution in [2.45, 2.75) is 31.2 Å². The molecule has 3 rings (SSSR count). The lowest BCUT2D eigenvalue weighted by molar-refractivity contribution is 0.0874. The quantitative estimate of drug-likeness (QED) is 0.836. The Balaban J connectivity index is 1.83. The smallest absolute Gasteiger partial charge is 0.252 e. The van der Waals surface area contributed by atoms with Crippen LogP contribution in [-0.2, 0) is 0 Å². The van der Waals surface area contributed by atoms with Crippen molar-refractivity contribution in [3.05, 3.63) is 60.2 Å². The summed E-state index contributed by atoms with van der Waals surface area (Å²) >= 11 is 0. The first-order chi connectivity index (χ1) is 10.6. The van der Waals surface area contributed by atoms with Crippen molar-refractivity contribution >= 4 is 16.7 Å². The fraction of sp³-hybridized carbons (Fsp3) is 0.278. The van der Waals surface area contributed by atoms with Gasteiger partial charge >= 0.3 is 0 Å². The number of nitrogens with one attached hydrogen (secondary N) is 1. The van der Waals surface area contributed by atoms with Crippen molar-refractivity contribution in [1.82, 2.24) is 5.32 Å². The van der Waals surface area contributed by atoms with Gasteiger partial charge in [0.25, 0.3) is 5.91 Å². The topological polar surface area (TPSA) is 29.1 Å². The number of fused-ring (bicyclic) bond motifs is 1. The van der Waals surface area contributed by atoms with Crippen LogP contribution in [-0.4, -0.2) is 24.3 Å². The molecule has 0 radical (unpaired) electrons. The Morgan fingerprint density at radius 1 is 1.14 bits per heavy atom. The molecule has 1 aliphatic rings. The van der Waals surface area contributed by atoms with Gasteiger partial charge in [-0.3, -0.25) is 4.79 Å². The highest BCUT2D eigenvalue weighted by Gasteiger charge is 2.34. The third-order valence-electron chi connectivity index (χ3n) is 4.15. The van der Waals surface area contributed by atoms with Crippen LogP contribution in [0.4, 0.5) is 8.78 Å². The number of amides is 1. The maximum absolute atomic E-state index is 14.0. The van der Waals surface area contributed by atoms with Crippen molar-refractivity contribution in [2.24, 2.45) is 0 Å². The summed E-state index contributed by atoms with van der Waals surface area (Å²) in [5.41, 5.74) is 0.744. The Morgan fingerprint density at radius 2 is 1.86 bits per heavy atom. The molecule has 0 heterocycles. The number of benzene rings is 2. The fourth-order valence-corrected chi connectivity index (χ4v) is 2.88. The molecule has 0 bridgehead atoms. The van der Waals surface area contributed by atoms with Gasteiger partial charge in [0.2, 0.25) is 0 Å². The van der Waals surface area contributed by atoms with Gasteiger partial charge in [-0.25, -0.2) is 8.78 Å². The van der Waals surface area contributed by atoms with Crippen LogP contribution in [0.1, 0.15) is 23.2 Å². The average molecular weight is 301 g/mol. The summed E-state index contributed by atoms with van der Waals surface area (Å²) in [6.45, 7) is 3.53. The molecule has 22 heavy (non-hydrogen) atoms. The molecule has 0 saturated heterocycles. The van der Waals surface area contributed by atoms with Crippen molar-refractivity contribution in [2.75, 3.05) is 0 Å². The second-order valence-corrected chi connectivity index (χ2v) is 5.69. The van der Waals surface area contributed by atoms with Gasteiger partial charge in [-0.1, -0.05) is 43.0 Å². The van der Waals surface area contributed by atoms with E-state index in [-0.39, 0.29) is 24.3 Å². The molecule has 1 N–H and O–H groups in total. The van der Waals surface area contributed by atoms with E-state index in [4.69, 9.17) is 0 Å². The molecule has 3 unspecified atom stereocenters. The van der Waals surface area contributed by atoms with E-state index < -0.39 is 18.4 Å². The highest BCUT2D eigenvalue weighted by Crippen LogP contribution is 2.28. The third kappa shape index (κ3) is 2.73. The first-order valence-electron chi connectivity index (χ1n) is 7.30. The van der Waals surface area contributed by atoms with Gasteiger partial charge in [-0.05, 0) is 22.4 Å². The molecule has 2 nitrogen and oxygen atoms in total. The normalized spacial score (nSPS) is 25.2. The molecule has 3 atom stereocenters. The summed E-state index contributed by atoms with van der Waals surface area (Å²) in [5, 5.41) is 4.37. The number of hydrogen-bond acceptors (Lipinski definition) is 1. The highest BCUT2D eigenvalue weighted by molar-refractivity contribution is 6.07. The summed E-state index contributed by atoms with van der Waals surface area (Å²) in [4.78, 5) is 12.4. The van der Waals surface area contributed by atoms with Crippen LogP contribution in [0.3, 0.4) is 0 Å². The van der Waals surface area contributed by atoms with E-state index >= 15 is 0 Å². The van der Waals surface area contributed by atoms with Gasteiger partial charge in [0, 0.05) is 18.4 Å². The number of hydrogen-bond donors (Lipinski definition) is 1. The van der Waals surface area contributed by atoms with E-state index in [1.807, 2.05) is 30.3 Å². The molecule has 2 aromatic rings. The van der Waals surface area contributed by atoms with Crippen molar-refractivity contribution < 1.29 is 13.6 Å². The molecule has 1 fully saturated rings. The molecule has 1 saturated carbocycles. The zero-order valence-electron chi connectivity index (χ0n) is 12.1. The van der Waals surface area contributed by atoms with Crippen LogP contribution in [0.15, 0.2) is 54.6 Å². The van der Waals surface area contributed by atoms with Crippen molar-refractivity contribution in [3.63, 3.8) is 0 Å². The minimum atomic E-state index is -1.29. The summed E-state index contributed by atoms with van der Waals surface area (Å²) in [6, 6.07) is 12.1. The van der Waals surface area contributed by atoms with Crippen molar-refractivity contribution in [3.8, 4) is 0 Å². The van der Waals surface area contributed by atoms with E-state index in [1.165, 1.54) is 0 Å². The molecule has 114 valence electrons. The monoisotopic (exact) mass is 301 g/mol. The lowest BCUT2D eigenvalue weighted by Gasteiger charge is -2.30. The maximum atomic E-state index is 14.0. The van der Waals surface area contributed by atoms with Gasteiger partial charge in [-0.2, -0.15) is 0 Å². The van der Waals surface area contributed by atoms with Gasteiger partial charge in [0.1, 0.15) is 12.3 Å². The molecule has 0 aromatic heterocycles. The van der Waals surface area contributed by atoms with E-state index in [1.54, 1.807) is 12.1 Å². The van der Waals surface area contributed by atoms with Crippen molar-refractivity contribution in [1.29, 1.82) is 0 Å². The SMILES string of the molecule is C=C1CC(F)C(NC(=O)c2cccc3ccccc23)CC1F. The van der Waals surface area contributed by atoms with E-state index in [0.717, 1.165) is 10.8 Å². The number of allylic oxidation sites excluding steroid dienone is 1. The Hall–Kier alpha value is -2.23. The van der Waals surface area contributed by atoms with Crippen LogP contribution < -0.4 is 5.32 Å². The number of carbonyl (C=O) groups is 1. The summed E-state index contributed by atoms with van der Waals surface area (Å²) in [5.74, 6) is -0.371. The summed E-state index contributed by atoms with van der Waals surface area (Å²) in [7, 11) is 0. The highest BCUT2D eigenvalue weighted by atomic mass is 19.1. The molecular weight excluding hydrogens is 284 g/mol. The molecule has 4 heteroatoms. The molecule has 1 amide bonds. The summed E-state index contributed by atoms with van der Waals surface area (Å²) in [6.07, 6.45) is -2.65. The molecule has 0 spiro atoms. The third-order valence-corrected chi connectivity index (χ3v) is 4.15. The van der Waals surface area contributed by atoms with E-state index in [9.17, 15) is 13.6 Å². The van der Waals surface area contributed by atoms with Crippen LogP contribution in [0, 0.1) is 0 Å². The van der Waals surface area contributed by atoms with Gasteiger partial charge in [0.05, 0.1) is 6.04 Å². The standard InChI is InChI=1S/C18H17F2NO/c1-11-9-16(20)17(10-15(11)19)21-18(22)14-8-4-6-12-5-2-3-7-13(12)14/h2-8,15-17H,1,9-10H2,(H,21,22). The lowest BCUT2D eigenvalue weighted by Crippen LogP contribution is -2.46. The van der Waals surface area contributed by atoms with E-state index in [2.05, 4.69) is 11.9 Å². The number of alkyl halides is 2. The Bertz CT molecular complexity index is 723. The van der Waals surface area contributed by atoms with Gasteiger partial charge in [0.15, 0.2) is 0 Å². The predicted octanol–water partition coefficient (Wildman–Crippen LogP) is 3.96. The lowest BCUT2D eigenvalue weighted by atomic mass is 9.88.